The first-order chi connectivity index (χ1) is 12.0. The van der Waals surface area contributed by atoms with Crippen LogP contribution in [-0.2, 0) is 5.75 Å². The summed E-state index contributed by atoms with van der Waals surface area (Å²) in [6, 6.07) is 7.73. The lowest BCUT2D eigenvalue weighted by Crippen LogP contribution is -2.20. The van der Waals surface area contributed by atoms with Crippen molar-refractivity contribution in [2.75, 3.05) is 14.1 Å². The smallest absolute Gasteiger partial charge is 0.237 e. The van der Waals surface area contributed by atoms with Gasteiger partial charge in [0, 0.05) is 10.7 Å². The summed E-state index contributed by atoms with van der Waals surface area (Å²) in [6.45, 7) is 3.89. The van der Waals surface area contributed by atoms with Crippen molar-refractivity contribution in [3.8, 4) is 5.69 Å². The van der Waals surface area contributed by atoms with E-state index in [1.54, 1.807) is 6.92 Å². The van der Waals surface area contributed by atoms with Crippen LogP contribution in [0.15, 0.2) is 33.9 Å². The maximum Gasteiger partial charge on any atom is 0.237 e. The highest BCUT2D eigenvalue weighted by Crippen LogP contribution is 2.29. The molecule has 3 rings (SSSR count). The minimum Gasteiger partial charge on any atom is -0.338 e. The summed E-state index contributed by atoms with van der Waals surface area (Å²) in [6.07, 6.45) is 0. The van der Waals surface area contributed by atoms with Gasteiger partial charge in [-0.15, -0.1) is 10.2 Å². The topological polar surface area (TPSA) is 72.9 Å². The largest absolute Gasteiger partial charge is 0.338 e. The molecule has 0 fully saturated rings. The van der Waals surface area contributed by atoms with Gasteiger partial charge in [-0.1, -0.05) is 28.5 Å². The molecule has 9 heteroatoms. The van der Waals surface area contributed by atoms with Gasteiger partial charge in [0.05, 0.1) is 11.8 Å². The molecule has 2 heterocycles. The molecule has 0 saturated heterocycles. The highest BCUT2D eigenvalue weighted by molar-refractivity contribution is 7.98. The molecule has 7 nitrogen and oxygen atoms in total. The fourth-order valence-electron chi connectivity index (χ4n) is 2.23. The van der Waals surface area contributed by atoms with Crippen molar-refractivity contribution in [2.24, 2.45) is 0 Å². The van der Waals surface area contributed by atoms with E-state index in [4.69, 9.17) is 16.1 Å². The number of aryl methyl sites for hydroxylation is 1. The molecule has 1 atom stereocenters. The van der Waals surface area contributed by atoms with Gasteiger partial charge in [-0.3, -0.25) is 9.47 Å². The maximum absolute atomic E-state index is 6.03. The number of hydrogen-bond acceptors (Lipinski definition) is 7. The van der Waals surface area contributed by atoms with Gasteiger partial charge in [0.1, 0.15) is 0 Å². The van der Waals surface area contributed by atoms with Crippen LogP contribution < -0.4 is 0 Å². The van der Waals surface area contributed by atoms with Gasteiger partial charge in [-0.2, -0.15) is 4.98 Å². The van der Waals surface area contributed by atoms with E-state index in [-0.39, 0.29) is 6.04 Å². The average molecular weight is 379 g/mol. The Bertz CT molecular complexity index is 845. The van der Waals surface area contributed by atoms with Crippen molar-refractivity contribution < 1.29 is 4.52 Å². The first kappa shape index (κ1) is 17.9. The molecular weight excluding hydrogens is 360 g/mol. The molecule has 3 aromatic rings. The summed E-state index contributed by atoms with van der Waals surface area (Å²) < 4.78 is 7.21. The second kappa shape index (κ2) is 7.55. The Morgan fingerprint density at radius 1 is 1.24 bits per heavy atom. The second-order valence-corrected chi connectivity index (χ2v) is 7.20. The van der Waals surface area contributed by atoms with Crippen molar-refractivity contribution in [1.29, 1.82) is 0 Å². The fraction of sp³-hybridized carbons (Fsp3) is 0.375. The molecule has 1 aromatic carbocycles. The Morgan fingerprint density at radius 3 is 2.56 bits per heavy atom. The molecule has 25 heavy (non-hydrogen) atoms. The summed E-state index contributed by atoms with van der Waals surface area (Å²) in [4.78, 5) is 6.32. The zero-order valence-corrected chi connectivity index (χ0v) is 16.0. The van der Waals surface area contributed by atoms with Gasteiger partial charge in [0.2, 0.25) is 5.89 Å². The monoisotopic (exact) mass is 378 g/mol. The third kappa shape index (κ3) is 4.02. The average Bonchev–Trinajstić information content (AvgIpc) is 3.19. The number of hydrogen-bond donors (Lipinski definition) is 0. The van der Waals surface area contributed by atoms with Crippen LogP contribution in [0, 0.1) is 6.92 Å². The van der Waals surface area contributed by atoms with E-state index in [0.29, 0.717) is 22.5 Å². The maximum atomic E-state index is 6.03. The van der Waals surface area contributed by atoms with E-state index in [1.807, 2.05) is 42.9 Å². The van der Waals surface area contributed by atoms with Gasteiger partial charge in [-0.25, -0.2) is 0 Å². The zero-order valence-electron chi connectivity index (χ0n) is 14.5. The molecule has 0 aliphatic carbocycles. The predicted octanol–water partition coefficient (Wildman–Crippen LogP) is 3.53. The van der Waals surface area contributed by atoms with Gasteiger partial charge in [-0.05, 0) is 52.2 Å². The van der Waals surface area contributed by atoms with E-state index in [9.17, 15) is 0 Å². The molecule has 1 unspecified atom stereocenters. The van der Waals surface area contributed by atoms with Gasteiger partial charge < -0.3 is 4.52 Å². The Kier molecular flexibility index (Phi) is 5.41. The molecular formula is C16H19ClN6OS. The normalized spacial score (nSPS) is 12.7. The Labute approximate surface area is 155 Å². The standard InChI is InChI=1S/C16H19ClN6OS/c1-10(22(3)4)15-19-20-16(25-9-14-18-11(2)21-24-14)23(15)13-7-5-12(17)6-8-13/h5-8,10H,9H2,1-4H3. The van der Waals surface area contributed by atoms with Crippen LogP contribution in [0.5, 0.6) is 0 Å². The SMILES string of the molecule is Cc1noc(CSc2nnc(C(C)N(C)C)n2-c2ccc(Cl)cc2)n1. The summed E-state index contributed by atoms with van der Waals surface area (Å²) >= 11 is 7.53. The number of aromatic nitrogens is 5. The van der Waals surface area contributed by atoms with E-state index < -0.39 is 0 Å². The highest BCUT2D eigenvalue weighted by atomic mass is 35.5. The van der Waals surface area contributed by atoms with Gasteiger partial charge in [0.25, 0.3) is 0 Å². The van der Waals surface area contributed by atoms with Crippen molar-refractivity contribution in [3.63, 3.8) is 0 Å². The number of nitrogens with zero attached hydrogens (tertiary/aromatic N) is 6. The van der Waals surface area contributed by atoms with E-state index >= 15 is 0 Å². The molecule has 0 amide bonds. The minimum atomic E-state index is 0.100. The molecule has 0 N–H and O–H groups in total. The molecule has 0 bridgehead atoms. The van der Waals surface area contributed by atoms with Gasteiger partial charge >= 0.3 is 0 Å². The summed E-state index contributed by atoms with van der Waals surface area (Å²) in [5.74, 6) is 2.58. The van der Waals surface area contributed by atoms with Crippen LogP contribution in [0.1, 0.15) is 30.5 Å². The lowest BCUT2D eigenvalue weighted by atomic mass is 10.2. The molecule has 0 aliphatic heterocycles. The molecule has 0 spiro atoms. The number of thioether (sulfide) groups is 1. The van der Waals surface area contributed by atoms with Crippen LogP contribution in [0.25, 0.3) is 5.69 Å². The minimum absolute atomic E-state index is 0.100. The van der Waals surface area contributed by atoms with Crippen molar-refractivity contribution in [3.05, 3.63) is 46.8 Å². The lowest BCUT2D eigenvalue weighted by molar-refractivity contribution is 0.305. The first-order valence-electron chi connectivity index (χ1n) is 7.75. The molecule has 0 saturated carbocycles. The third-order valence-electron chi connectivity index (χ3n) is 3.79. The first-order valence-corrected chi connectivity index (χ1v) is 9.11. The lowest BCUT2D eigenvalue weighted by Gasteiger charge is -2.20. The second-order valence-electron chi connectivity index (χ2n) is 5.82. The quantitative estimate of drug-likeness (QED) is 0.607. The van der Waals surface area contributed by atoms with E-state index in [2.05, 4.69) is 32.2 Å². The van der Waals surface area contributed by atoms with E-state index in [1.165, 1.54) is 11.8 Å². The van der Waals surface area contributed by atoms with Crippen LogP contribution >= 0.6 is 23.4 Å². The number of benzene rings is 1. The van der Waals surface area contributed by atoms with Crippen molar-refractivity contribution in [2.45, 2.75) is 30.8 Å². The van der Waals surface area contributed by atoms with Crippen LogP contribution in [0.3, 0.4) is 0 Å². The Morgan fingerprint density at radius 2 is 1.96 bits per heavy atom. The van der Waals surface area contributed by atoms with Gasteiger partial charge in [0.15, 0.2) is 16.8 Å². The molecule has 0 radical (unpaired) electrons. The van der Waals surface area contributed by atoms with Crippen molar-refractivity contribution in [1.82, 2.24) is 29.8 Å². The Hall–Kier alpha value is -1.90. The molecule has 2 aromatic heterocycles. The number of rotatable bonds is 6. The van der Waals surface area contributed by atoms with Crippen LogP contribution in [0.4, 0.5) is 0 Å². The van der Waals surface area contributed by atoms with Crippen molar-refractivity contribution >= 4 is 23.4 Å². The Balaban J connectivity index is 1.95. The summed E-state index contributed by atoms with van der Waals surface area (Å²) in [5.41, 5.74) is 0.960. The van der Waals surface area contributed by atoms with Crippen LogP contribution in [0.2, 0.25) is 5.02 Å². The number of halogens is 1. The van der Waals surface area contributed by atoms with Crippen LogP contribution in [-0.4, -0.2) is 43.9 Å². The highest BCUT2D eigenvalue weighted by Gasteiger charge is 2.21. The zero-order chi connectivity index (χ0) is 18.0. The summed E-state index contributed by atoms with van der Waals surface area (Å²) in [7, 11) is 4.03. The fourth-order valence-corrected chi connectivity index (χ4v) is 3.16. The molecule has 0 aliphatic rings. The van der Waals surface area contributed by atoms with E-state index in [0.717, 1.165) is 16.7 Å². The third-order valence-corrected chi connectivity index (χ3v) is 4.95. The molecule has 132 valence electrons. The summed E-state index contributed by atoms with van der Waals surface area (Å²) in [5, 5.41) is 14.0. The predicted molar refractivity (Wildman–Crippen MR) is 97.1 cm³/mol.